The molecule has 0 heterocycles. The average molecular weight is 362 g/mol. The second kappa shape index (κ2) is 10.4. The fourth-order valence-corrected chi connectivity index (χ4v) is 0. The van der Waals surface area contributed by atoms with E-state index in [2.05, 4.69) is 0 Å². The zero-order chi connectivity index (χ0) is 3.58. The van der Waals surface area contributed by atoms with Crippen molar-refractivity contribution in [1.29, 1.82) is 0 Å². The van der Waals surface area contributed by atoms with Crippen molar-refractivity contribution in [3.8, 4) is 0 Å². The third kappa shape index (κ3) is 31.8. The maximum atomic E-state index is 5.02. The van der Waals surface area contributed by atoms with Crippen molar-refractivity contribution in [3.05, 3.63) is 7.43 Å². The molecule has 0 aromatic carbocycles. The first-order valence-corrected chi connectivity index (χ1v) is 13.2. The van der Waals surface area contributed by atoms with E-state index in [-0.39, 0.29) is 31.3 Å². The molecule has 0 aliphatic rings. The summed E-state index contributed by atoms with van der Waals surface area (Å²) in [6, 6.07) is 0. The molecule has 0 saturated carbocycles. The van der Waals surface area contributed by atoms with Crippen LogP contribution in [0.4, 0.5) is 0 Å². The Morgan fingerprint density at radius 1 is 1.00 bits per heavy atom. The van der Waals surface area contributed by atoms with E-state index in [0.29, 0.717) is 0 Å². The van der Waals surface area contributed by atoms with Gasteiger partial charge in [-0.15, -0.1) is 0 Å². The number of hydrogen-bond acceptors (Lipinski definition) is 0. The predicted molar refractivity (Wildman–Crippen MR) is 39.7 cm³/mol. The van der Waals surface area contributed by atoms with Gasteiger partial charge in [-0.05, 0) is 0 Å². The molecule has 0 amide bonds. The van der Waals surface area contributed by atoms with Gasteiger partial charge in [-0.1, -0.05) is 7.43 Å². The van der Waals surface area contributed by atoms with Gasteiger partial charge in [-0.2, -0.15) is 0 Å². The quantitative estimate of drug-likeness (QED) is 0.564. The van der Waals surface area contributed by atoms with Crippen molar-refractivity contribution in [2.75, 3.05) is 0 Å². The topological polar surface area (TPSA) is 0 Å². The molecular formula is CH6Cl3Sn2. The van der Waals surface area contributed by atoms with Crippen LogP contribution in [0.5, 0.6) is 0 Å². The first kappa shape index (κ1) is 15.8. The minimum atomic E-state index is -2.22. The Bertz CT molecular complexity index is 13.5. The van der Waals surface area contributed by atoms with Crippen molar-refractivity contribution in [1.82, 2.24) is 0 Å². The standard InChI is InChI=1S/CH3.3ClH.2Sn.3H/h1H3;3*1H;;;;;/q;;;;;+3;;;/p-3. The Morgan fingerprint density at radius 3 is 1.00 bits per heavy atom. The molecule has 0 N–H and O–H groups in total. The van der Waals surface area contributed by atoms with Gasteiger partial charge in [-0.25, -0.2) is 0 Å². The van der Waals surface area contributed by atoms with Crippen LogP contribution in [0, 0.1) is 7.43 Å². The van der Waals surface area contributed by atoms with Crippen LogP contribution in [0.2, 0.25) is 0 Å². The van der Waals surface area contributed by atoms with E-state index >= 15 is 0 Å². The molecule has 0 aromatic rings. The van der Waals surface area contributed by atoms with E-state index in [4.69, 9.17) is 26.8 Å². The Hall–Kier alpha value is 2.47. The Balaban J connectivity index is -0.0000000450. The molecule has 0 bridgehead atoms. The summed E-state index contributed by atoms with van der Waals surface area (Å²) in [6.07, 6.45) is 0. The Kier molecular flexibility index (Phi) is 27.5. The average Bonchev–Trinajstić information content (AvgIpc) is 0.811. The fraction of sp³-hybridized carbons (Fsp3) is 0. The maximum absolute atomic E-state index is 5.02. The molecule has 39 valence electrons. The van der Waals surface area contributed by atoms with Crippen LogP contribution >= 0.6 is 26.8 Å². The fourth-order valence-electron chi connectivity index (χ4n) is 0. The van der Waals surface area contributed by atoms with Crippen molar-refractivity contribution >= 4 is 67.1 Å². The second-order valence-corrected chi connectivity index (χ2v) is 14.9. The summed E-state index contributed by atoms with van der Waals surface area (Å²) >= 11 is -2.22. The zero-order valence-corrected chi connectivity index (χ0v) is 13.0. The van der Waals surface area contributed by atoms with Crippen LogP contribution < -0.4 is 0 Å². The third-order valence-corrected chi connectivity index (χ3v) is 0. The molecule has 0 unspecified atom stereocenters. The molecule has 0 nitrogen and oxygen atoms in total. The second-order valence-electron chi connectivity index (χ2n) is 0.247. The molecule has 0 atom stereocenters. The number of rotatable bonds is 0. The van der Waals surface area contributed by atoms with Crippen molar-refractivity contribution in [2.45, 2.75) is 0 Å². The van der Waals surface area contributed by atoms with Crippen LogP contribution in [0.25, 0.3) is 0 Å². The summed E-state index contributed by atoms with van der Waals surface area (Å²) < 4.78 is 0. The van der Waals surface area contributed by atoms with Crippen molar-refractivity contribution in [3.63, 3.8) is 0 Å². The van der Waals surface area contributed by atoms with E-state index < -0.39 is 16.4 Å². The van der Waals surface area contributed by atoms with Crippen LogP contribution in [-0.4, -0.2) is 40.3 Å². The molecule has 0 spiro atoms. The summed E-state index contributed by atoms with van der Waals surface area (Å²) in [7, 11) is 15.0. The summed E-state index contributed by atoms with van der Waals surface area (Å²) in [4.78, 5) is 0. The van der Waals surface area contributed by atoms with Crippen LogP contribution in [0.15, 0.2) is 0 Å². The van der Waals surface area contributed by atoms with Gasteiger partial charge in [0.05, 0.1) is 0 Å². The first-order chi connectivity index (χ1) is 1.73. The Morgan fingerprint density at radius 2 is 1.00 bits per heavy atom. The van der Waals surface area contributed by atoms with Gasteiger partial charge < -0.3 is 0 Å². The van der Waals surface area contributed by atoms with Crippen LogP contribution in [0.1, 0.15) is 0 Å². The zero-order valence-electron chi connectivity index (χ0n) is 3.42. The Labute approximate surface area is 73.4 Å². The monoisotopic (exact) mass is 363 g/mol. The van der Waals surface area contributed by atoms with Crippen molar-refractivity contribution < 1.29 is 0 Å². The van der Waals surface area contributed by atoms with Gasteiger partial charge in [0.15, 0.2) is 0 Å². The summed E-state index contributed by atoms with van der Waals surface area (Å²) in [5, 5.41) is 0. The van der Waals surface area contributed by atoms with Gasteiger partial charge >= 0.3 is 67.1 Å². The van der Waals surface area contributed by atoms with E-state index in [1.165, 1.54) is 0 Å². The van der Waals surface area contributed by atoms with E-state index in [1.807, 2.05) is 0 Å². The van der Waals surface area contributed by atoms with Crippen LogP contribution in [0.3, 0.4) is 0 Å². The van der Waals surface area contributed by atoms with Gasteiger partial charge in [0.1, 0.15) is 0 Å². The number of halogens is 3. The molecular weight excluding hydrogens is 356 g/mol. The molecule has 0 aliphatic heterocycles. The molecule has 6 heavy (non-hydrogen) atoms. The minimum absolute atomic E-state index is 0. The molecule has 0 fully saturated rings. The van der Waals surface area contributed by atoms with E-state index in [9.17, 15) is 0 Å². The third-order valence-electron chi connectivity index (χ3n) is 0. The van der Waals surface area contributed by atoms with Crippen molar-refractivity contribution in [2.24, 2.45) is 0 Å². The van der Waals surface area contributed by atoms with Gasteiger partial charge in [0.25, 0.3) is 0 Å². The molecule has 0 saturated heterocycles. The van der Waals surface area contributed by atoms with Crippen LogP contribution in [-0.2, 0) is 0 Å². The van der Waals surface area contributed by atoms with Gasteiger partial charge in [-0.3, -0.25) is 0 Å². The molecule has 0 aromatic heterocycles. The normalized spacial score (nSPS) is 6.00. The molecule has 3 radical (unpaired) electrons. The SMILES string of the molecule is [CH3].[Cl][SnH]([Cl])[Cl].[SnH2]. The summed E-state index contributed by atoms with van der Waals surface area (Å²) in [5.41, 5.74) is 0. The molecule has 0 aliphatic carbocycles. The van der Waals surface area contributed by atoms with Gasteiger partial charge in [0, 0.05) is 0 Å². The predicted octanol–water partition coefficient (Wildman–Crippen LogP) is 0.954. The van der Waals surface area contributed by atoms with E-state index in [0.717, 1.165) is 0 Å². The molecule has 5 heteroatoms. The summed E-state index contributed by atoms with van der Waals surface area (Å²) in [5.74, 6) is 0. The van der Waals surface area contributed by atoms with Gasteiger partial charge in [0.2, 0.25) is 0 Å². The molecule has 0 rings (SSSR count). The van der Waals surface area contributed by atoms with E-state index in [1.54, 1.807) is 0 Å². The first-order valence-electron chi connectivity index (χ1n) is 0.655. The number of hydrogen-bond donors (Lipinski definition) is 0. The summed E-state index contributed by atoms with van der Waals surface area (Å²) in [6.45, 7) is 0.